The standard InChI is InChI=1S/C54H71BF18NO3/c1-5-9-13-16-19-23-27-74(28-24-20-17-14-10-6-2,29-25-21-18-15-11-7-3)46(26-22-12-8-4)48-45(54(71,72)73)36-42(53(68,69)70)37-47(48)77-55(75-43-32-38(49(56,57)58)30-39(33-43)50(59,60)61)76-44-34-40(51(62,63)64)31-41(35-44)52(65,66)67/h30-37,46H,5-29H2,1-4H3/q+1. The van der Waals surface area contributed by atoms with Gasteiger partial charge >= 0.3 is 44.4 Å². The third-order valence-corrected chi connectivity index (χ3v) is 13.5. The van der Waals surface area contributed by atoms with Gasteiger partial charge < -0.3 is 18.4 Å². The highest BCUT2D eigenvalue weighted by molar-refractivity contribution is 6.39. The van der Waals surface area contributed by atoms with Gasteiger partial charge in [0.1, 0.15) is 23.3 Å². The first-order valence-electron chi connectivity index (χ1n) is 26.6. The molecule has 0 amide bonds. The van der Waals surface area contributed by atoms with Gasteiger partial charge in [-0.15, -0.1) is 0 Å². The Balaban J connectivity index is 2.61. The lowest BCUT2D eigenvalue weighted by Gasteiger charge is -2.47. The monoisotopic (exact) mass is 1130 g/mol. The van der Waals surface area contributed by atoms with E-state index in [-0.39, 0.29) is 85.5 Å². The Bertz CT molecular complexity index is 2020. The highest BCUT2D eigenvalue weighted by Crippen LogP contribution is 2.50. The molecule has 23 heteroatoms. The lowest BCUT2D eigenvalue weighted by atomic mass is 9.88. The van der Waals surface area contributed by atoms with E-state index in [4.69, 9.17) is 14.0 Å². The minimum absolute atomic E-state index is 0.0899. The molecule has 3 aromatic rings. The van der Waals surface area contributed by atoms with E-state index in [9.17, 15) is 65.9 Å². The molecular weight excluding hydrogens is 1060 g/mol. The molecule has 4 nitrogen and oxygen atoms in total. The van der Waals surface area contributed by atoms with E-state index in [1.807, 2.05) is 20.8 Å². The molecule has 0 heterocycles. The SMILES string of the molecule is CCCCCCCC[N+](CCCCCCCC)(CCCCCCCC)C(CCCCC)c1c(OB(Oc2cc(C(F)(F)F)cc(C(F)(F)F)c2)Oc2cc(C(F)(F)F)cc(C(F)(F)F)c2)cc(C(F)(F)F)cc1C(F)(F)F. The largest absolute Gasteiger partial charge is 0.864 e. The minimum Gasteiger partial charge on any atom is -0.490 e. The topological polar surface area (TPSA) is 27.7 Å². The van der Waals surface area contributed by atoms with Crippen LogP contribution in [0.25, 0.3) is 0 Å². The predicted octanol–water partition coefficient (Wildman–Crippen LogP) is 20.8. The molecule has 438 valence electrons. The Labute approximate surface area is 440 Å². The quantitative estimate of drug-likeness (QED) is 0.0263. The highest BCUT2D eigenvalue weighted by Gasteiger charge is 2.49. The lowest BCUT2D eigenvalue weighted by Crippen LogP contribution is -2.53. The molecule has 1 unspecified atom stereocenters. The summed E-state index contributed by atoms with van der Waals surface area (Å²) < 4.78 is 279. The van der Waals surface area contributed by atoms with Gasteiger partial charge in [-0.3, -0.25) is 0 Å². The van der Waals surface area contributed by atoms with Gasteiger partial charge in [0.15, 0.2) is 0 Å². The zero-order valence-corrected chi connectivity index (χ0v) is 43.9. The average Bonchev–Trinajstić information content (AvgIpc) is 3.31. The Morgan fingerprint density at radius 1 is 0.351 bits per heavy atom. The van der Waals surface area contributed by atoms with Crippen LogP contribution in [0.5, 0.6) is 17.2 Å². The second-order valence-corrected chi connectivity index (χ2v) is 19.8. The van der Waals surface area contributed by atoms with E-state index in [0.29, 0.717) is 51.4 Å². The number of nitrogens with zero attached hydrogens (tertiary/aromatic N) is 1. The first-order valence-corrected chi connectivity index (χ1v) is 26.6. The van der Waals surface area contributed by atoms with Crippen LogP contribution in [0, 0.1) is 0 Å². The van der Waals surface area contributed by atoms with Crippen molar-refractivity contribution in [2.45, 2.75) is 212 Å². The molecule has 0 N–H and O–H groups in total. The Morgan fingerprint density at radius 3 is 0.961 bits per heavy atom. The second-order valence-electron chi connectivity index (χ2n) is 19.8. The van der Waals surface area contributed by atoms with Gasteiger partial charge in [0.05, 0.1) is 58.6 Å². The highest BCUT2D eigenvalue weighted by atomic mass is 19.4. The molecule has 3 aromatic carbocycles. The number of halogens is 18. The van der Waals surface area contributed by atoms with E-state index in [1.165, 1.54) is 0 Å². The predicted molar refractivity (Wildman–Crippen MR) is 259 cm³/mol. The van der Waals surface area contributed by atoms with Crippen molar-refractivity contribution in [1.29, 1.82) is 0 Å². The fraction of sp³-hybridized carbons (Fsp3) is 0.667. The number of rotatable bonds is 33. The molecule has 0 aliphatic heterocycles. The van der Waals surface area contributed by atoms with Gasteiger partial charge in [0, 0.05) is 6.42 Å². The molecule has 1 atom stereocenters. The van der Waals surface area contributed by atoms with Crippen LogP contribution in [-0.2, 0) is 37.1 Å². The molecule has 0 aromatic heterocycles. The zero-order chi connectivity index (χ0) is 57.9. The number of unbranched alkanes of at least 4 members (excludes halogenated alkanes) is 17. The molecular formula is C54H71BF18NO3+. The summed E-state index contributed by atoms with van der Waals surface area (Å²) in [5, 5.41) is 0. The van der Waals surface area contributed by atoms with E-state index >= 15 is 13.2 Å². The van der Waals surface area contributed by atoms with Crippen LogP contribution >= 0.6 is 0 Å². The molecule has 77 heavy (non-hydrogen) atoms. The van der Waals surface area contributed by atoms with Gasteiger partial charge in [0.25, 0.3) is 0 Å². The molecule has 0 bridgehead atoms. The van der Waals surface area contributed by atoms with Crippen LogP contribution in [-0.4, -0.2) is 31.4 Å². The van der Waals surface area contributed by atoms with Crippen molar-refractivity contribution in [2.24, 2.45) is 0 Å². The van der Waals surface area contributed by atoms with Crippen molar-refractivity contribution in [3.8, 4) is 17.2 Å². The fourth-order valence-electron chi connectivity index (χ4n) is 9.56. The summed E-state index contributed by atoms with van der Waals surface area (Å²) in [6.07, 6.45) is -19.3. The van der Waals surface area contributed by atoms with Crippen LogP contribution in [0.1, 0.15) is 214 Å². The van der Waals surface area contributed by atoms with Crippen molar-refractivity contribution in [3.63, 3.8) is 0 Å². The van der Waals surface area contributed by atoms with Crippen LogP contribution in [0.15, 0.2) is 48.5 Å². The van der Waals surface area contributed by atoms with Crippen LogP contribution < -0.4 is 14.0 Å². The van der Waals surface area contributed by atoms with E-state index in [2.05, 4.69) is 0 Å². The minimum atomic E-state index is -5.66. The molecule has 0 fully saturated rings. The number of alkyl halides is 18. The molecule has 0 saturated heterocycles. The number of hydrogen-bond acceptors (Lipinski definition) is 3. The summed E-state index contributed by atoms with van der Waals surface area (Å²) in [6.45, 7) is 8.42. The Hall–Kier alpha value is -4.18. The maximum absolute atomic E-state index is 15.9. The van der Waals surface area contributed by atoms with E-state index < -0.39 is 107 Å². The van der Waals surface area contributed by atoms with Crippen molar-refractivity contribution in [1.82, 2.24) is 0 Å². The average molecular weight is 1130 g/mol. The third kappa shape index (κ3) is 22.1. The van der Waals surface area contributed by atoms with Gasteiger partial charge in [-0.2, -0.15) is 79.0 Å². The smallest absolute Gasteiger partial charge is 0.490 e. The molecule has 0 spiro atoms. The maximum Gasteiger partial charge on any atom is 0.864 e. The fourth-order valence-corrected chi connectivity index (χ4v) is 9.56. The van der Waals surface area contributed by atoms with Gasteiger partial charge in [-0.05, 0) is 93.5 Å². The maximum atomic E-state index is 15.9. The van der Waals surface area contributed by atoms with Crippen molar-refractivity contribution in [3.05, 3.63) is 87.5 Å². The Morgan fingerprint density at radius 2 is 0.649 bits per heavy atom. The number of benzene rings is 3. The van der Waals surface area contributed by atoms with Crippen LogP contribution in [0.3, 0.4) is 0 Å². The normalized spacial score (nSPS) is 13.5. The van der Waals surface area contributed by atoms with Crippen molar-refractivity contribution >= 4 is 7.32 Å². The third-order valence-electron chi connectivity index (χ3n) is 13.5. The number of quaternary nitrogens is 1. The van der Waals surface area contributed by atoms with Crippen LogP contribution in [0.2, 0.25) is 0 Å². The molecule has 0 aliphatic rings. The summed E-state index contributed by atoms with van der Waals surface area (Å²) in [4.78, 5) is 0. The van der Waals surface area contributed by atoms with Gasteiger partial charge in [-0.1, -0.05) is 118 Å². The second kappa shape index (κ2) is 29.9. The van der Waals surface area contributed by atoms with Gasteiger partial charge in [-0.25, -0.2) is 0 Å². The van der Waals surface area contributed by atoms with E-state index in [1.54, 1.807) is 6.92 Å². The molecule has 0 saturated carbocycles. The molecule has 3 rings (SSSR count). The lowest BCUT2D eigenvalue weighted by molar-refractivity contribution is -0.958. The zero-order valence-electron chi connectivity index (χ0n) is 43.9. The van der Waals surface area contributed by atoms with Crippen molar-refractivity contribution < 1.29 is 97.5 Å². The Kier molecular flexibility index (Phi) is 26.0. The first-order chi connectivity index (χ1) is 35.8. The summed E-state index contributed by atoms with van der Waals surface area (Å²) >= 11 is 0. The van der Waals surface area contributed by atoms with Crippen LogP contribution in [0.4, 0.5) is 79.0 Å². The summed E-state index contributed by atoms with van der Waals surface area (Å²) in [7, 11) is -3.28. The van der Waals surface area contributed by atoms with Gasteiger partial charge in [0.2, 0.25) is 0 Å². The molecule has 0 radical (unpaired) electrons. The molecule has 0 aliphatic carbocycles. The summed E-state index contributed by atoms with van der Waals surface area (Å²) in [5.41, 5.74) is -13.1. The van der Waals surface area contributed by atoms with E-state index in [0.717, 1.165) is 77.0 Å². The number of hydrogen-bond donors (Lipinski definition) is 0. The summed E-state index contributed by atoms with van der Waals surface area (Å²) in [5.74, 6) is -4.49. The van der Waals surface area contributed by atoms with Crippen molar-refractivity contribution in [2.75, 3.05) is 19.6 Å². The first kappa shape index (κ1) is 67.1. The summed E-state index contributed by atoms with van der Waals surface area (Å²) in [6, 6.07) is -2.64.